The van der Waals surface area contributed by atoms with Crippen LogP contribution in [-0.2, 0) is 16.2 Å². The Balaban J connectivity index is 1.67. The molecule has 0 radical (unpaired) electrons. The third kappa shape index (κ3) is 4.10. The van der Waals surface area contributed by atoms with Crippen LogP contribution in [0.1, 0.15) is 28.8 Å². The maximum absolute atomic E-state index is 12.6. The maximum Gasteiger partial charge on any atom is 0.411 e. The van der Waals surface area contributed by atoms with Crippen molar-refractivity contribution in [2.45, 2.75) is 25.6 Å². The molecule has 1 fully saturated rings. The van der Waals surface area contributed by atoms with Crippen LogP contribution in [0.5, 0.6) is 0 Å². The SMILES string of the molecule is O=C(c1ccccc1COCC(F)(F)F)N1CC(Br)=C(C2CC2)O1. The topological polar surface area (TPSA) is 38.8 Å². The first-order chi connectivity index (χ1) is 11.3. The first kappa shape index (κ1) is 17.3. The van der Waals surface area contributed by atoms with Gasteiger partial charge in [-0.25, -0.2) is 0 Å². The molecule has 1 aromatic carbocycles. The van der Waals surface area contributed by atoms with Gasteiger partial charge in [0.05, 0.1) is 17.6 Å². The van der Waals surface area contributed by atoms with Crippen molar-refractivity contribution in [2.75, 3.05) is 13.2 Å². The molecule has 1 aliphatic carbocycles. The van der Waals surface area contributed by atoms with Crippen LogP contribution in [0.2, 0.25) is 0 Å². The molecule has 4 nitrogen and oxygen atoms in total. The lowest BCUT2D eigenvalue weighted by Gasteiger charge is -2.18. The van der Waals surface area contributed by atoms with Crippen molar-refractivity contribution < 1.29 is 27.5 Å². The zero-order chi connectivity index (χ0) is 17.3. The smallest absolute Gasteiger partial charge is 0.379 e. The van der Waals surface area contributed by atoms with E-state index in [1.165, 1.54) is 5.06 Å². The van der Waals surface area contributed by atoms with Gasteiger partial charge < -0.3 is 9.57 Å². The second-order valence-corrected chi connectivity index (χ2v) is 6.70. The minimum Gasteiger partial charge on any atom is -0.379 e. The molecule has 0 spiro atoms. The summed E-state index contributed by atoms with van der Waals surface area (Å²) in [6.45, 7) is -1.35. The van der Waals surface area contributed by atoms with Crippen LogP contribution in [-0.4, -0.2) is 30.3 Å². The molecule has 0 saturated heterocycles. The van der Waals surface area contributed by atoms with Gasteiger partial charge in [-0.2, -0.15) is 18.2 Å². The van der Waals surface area contributed by atoms with Gasteiger partial charge in [0.25, 0.3) is 5.91 Å². The Kier molecular flexibility index (Phi) is 4.87. The highest BCUT2D eigenvalue weighted by atomic mass is 79.9. The van der Waals surface area contributed by atoms with Gasteiger partial charge in [0.15, 0.2) is 0 Å². The first-order valence-corrected chi connectivity index (χ1v) is 8.25. The van der Waals surface area contributed by atoms with E-state index in [9.17, 15) is 18.0 Å². The Bertz CT molecular complexity index is 671. The van der Waals surface area contributed by atoms with Crippen LogP contribution in [0, 0.1) is 5.92 Å². The summed E-state index contributed by atoms with van der Waals surface area (Å²) in [6, 6.07) is 6.43. The number of halogens is 4. The van der Waals surface area contributed by atoms with Crippen molar-refractivity contribution in [1.82, 2.24) is 5.06 Å². The van der Waals surface area contributed by atoms with Gasteiger partial charge in [-0.05, 0) is 40.4 Å². The molecule has 130 valence electrons. The lowest BCUT2D eigenvalue weighted by atomic mass is 10.1. The molecule has 1 saturated carbocycles. The summed E-state index contributed by atoms with van der Waals surface area (Å²) in [6.07, 6.45) is -2.33. The number of carbonyl (C=O) groups is 1. The number of benzene rings is 1. The quantitative estimate of drug-likeness (QED) is 0.737. The number of carbonyl (C=O) groups excluding carboxylic acids is 1. The highest BCUT2D eigenvalue weighted by Crippen LogP contribution is 2.43. The van der Waals surface area contributed by atoms with Crippen LogP contribution < -0.4 is 0 Å². The fourth-order valence-electron chi connectivity index (χ4n) is 2.43. The first-order valence-electron chi connectivity index (χ1n) is 7.46. The third-order valence-corrected chi connectivity index (χ3v) is 4.35. The Morgan fingerprint density at radius 2 is 2.04 bits per heavy atom. The average molecular weight is 406 g/mol. The van der Waals surface area contributed by atoms with Crippen LogP contribution >= 0.6 is 15.9 Å². The number of hydrogen-bond acceptors (Lipinski definition) is 3. The predicted molar refractivity (Wildman–Crippen MR) is 83.0 cm³/mol. The van der Waals surface area contributed by atoms with Crippen molar-refractivity contribution in [3.63, 3.8) is 0 Å². The highest BCUT2D eigenvalue weighted by Gasteiger charge is 2.38. The van der Waals surface area contributed by atoms with E-state index in [1.54, 1.807) is 24.3 Å². The summed E-state index contributed by atoms with van der Waals surface area (Å²) in [5.74, 6) is 0.727. The van der Waals surface area contributed by atoms with Gasteiger partial charge in [-0.3, -0.25) is 4.79 Å². The van der Waals surface area contributed by atoms with Crippen LogP contribution in [0.25, 0.3) is 0 Å². The van der Waals surface area contributed by atoms with Crippen molar-refractivity contribution in [1.29, 1.82) is 0 Å². The highest BCUT2D eigenvalue weighted by molar-refractivity contribution is 9.11. The number of amides is 1. The Morgan fingerprint density at radius 3 is 2.71 bits per heavy atom. The molecule has 1 heterocycles. The summed E-state index contributed by atoms with van der Waals surface area (Å²) in [5, 5.41) is 1.22. The zero-order valence-electron chi connectivity index (χ0n) is 12.6. The number of hydroxylamine groups is 2. The third-order valence-electron chi connectivity index (χ3n) is 3.70. The summed E-state index contributed by atoms with van der Waals surface area (Å²) in [5.41, 5.74) is 0.670. The van der Waals surface area contributed by atoms with E-state index >= 15 is 0 Å². The van der Waals surface area contributed by atoms with Gasteiger partial charge in [0.1, 0.15) is 12.4 Å². The second-order valence-electron chi connectivity index (χ2n) is 5.74. The molecule has 24 heavy (non-hydrogen) atoms. The monoisotopic (exact) mass is 405 g/mol. The molecule has 1 aliphatic heterocycles. The van der Waals surface area contributed by atoms with E-state index < -0.39 is 18.7 Å². The molecule has 1 amide bonds. The largest absolute Gasteiger partial charge is 0.411 e. The number of ether oxygens (including phenoxy) is 1. The van der Waals surface area contributed by atoms with Crippen LogP contribution in [0.15, 0.2) is 34.5 Å². The summed E-state index contributed by atoms with van der Waals surface area (Å²) < 4.78 is 42.1. The number of rotatable bonds is 5. The number of hydrogen-bond donors (Lipinski definition) is 0. The molecular formula is C16H15BrF3NO3. The Hall–Kier alpha value is -1.54. The van der Waals surface area contributed by atoms with E-state index in [-0.39, 0.29) is 12.2 Å². The van der Waals surface area contributed by atoms with Gasteiger partial charge in [-0.15, -0.1) is 0 Å². The second kappa shape index (κ2) is 6.76. The van der Waals surface area contributed by atoms with Crippen molar-refractivity contribution in [2.24, 2.45) is 5.92 Å². The fourth-order valence-corrected chi connectivity index (χ4v) is 3.05. The molecule has 0 atom stereocenters. The van der Waals surface area contributed by atoms with E-state index in [4.69, 9.17) is 4.84 Å². The lowest BCUT2D eigenvalue weighted by molar-refractivity contribution is -0.176. The standard InChI is InChI=1S/C16H15BrF3NO3/c17-13-7-21(24-14(13)10-5-6-10)15(22)12-4-2-1-3-11(12)8-23-9-16(18,19)20/h1-4,10H,5-9H2. The summed E-state index contributed by atoms with van der Waals surface area (Å²) in [7, 11) is 0. The lowest BCUT2D eigenvalue weighted by Crippen LogP contribution is -2.29. The molecule has 0 aromatic heterocycles. The molecular weight excluding hydrogens is 391 g/mol. The molecule has 0 N–H and O–H groups in total. The fraction of sp³-hybridized carbons (Fsp3) is 0.438. The predicted octanol–water partition coefficient (Wildman–Crippen LogP) is 4.17. The van der Waals surface area contributed by atoms with Crippen molar-refractivity contribution in [3.8, 4) is 0 Å². The van der Waals surface area contributed by atoms with Crippen LogP contribution in [0.3, 0.4) is 0 Å². The van der Waals surface area contributed by atoms with Crippen molar-refractivity contribution in [3.05, 3.63) is 45.6 Å². The zero-order valence-corrected chi connectivity index (χ0v) is 14.2. The molecule has 0 bridgehead atoms. The number of alkyl halides is 3. The molecule has 8 heteroatoms. The van der Waals surface area contributed by atoms with Gasteiger partial charge in [0.2, 0.25) is 0 Å². The van der Waals surface area contributed by atoms with E-state index in [2.05, 4.69) is 20.7 Å². The van der Waals surface area contributed by atoms with Crippen molar-refractivity contribution >= 4 is 21.8 Å². The van der Waals surface area contributed by atoms with Crippen LogP contribution in [0.4, 0.5) is 13.2 Å². The van der Waals surface area contributed by atoms with E-state index in [0.717, 1.165) is 23.1 Å². The molecule has 3 rings (SSSR count). The Morgan fingerprint density at radius 1 is 1.33 bits per heavy atom. The Labute approximate surface area is 145 Å². The molecule has 0 unspecified atom stereocenters. The maximum atomic E-state index is 12.6. The van der Waals surface area contributed by atoms with Gasteiger partial charge in [0, 0.05) is 11.5 Å². The van der Waals surface area contributed by atoms with E-state index in [1.807, 2.05) is 0 Å². The summed E-state index contributed by atoms with van der Waals surface area (Å²) in [4.78, 5) is 18.3. The van der Waals surface area contributed by atoms with E-state index in [0.29, 0.717) is 18.0 Å². The minimum absolute atomic E-state index is 0.275. The number of nitrogens with zero attached hydrogens (tertiary/aromatic N) is 1. The molecule has 1 aromatic rings. The minimum atomic E-state index is -4.40. The van der Waals surface area contributed by atoms with Gasteiger partial charge >= 0.3 is 6.18 Å². The van der Waals surface area contributed by atoms with Gasteiger partial charge in [-0.1, -0.05) is 18.2 Å². The average Bonchev–Trinajstić information content (AvgIpc) is 3.28. The normalized spacial score (nSPS) is 18.1. The number of allylic oxidation sites excluding steroid dienone is 1. The summed E-state index contributed by atoms with van der Waals surface area (Å²) >= 11 is 3.42. The molecule has 2 aliphatic rings.